The van der Waals surface area contributed by atoms with Crippen LogP contribution in [0.25, 0.3) is 11.3 Å². The van der Waals surface area contributed by atoms with Gasteiger partial charge >= 0.3 is 6.18 Å². The van der Waals surface area contributed by atoms with Crippen LogP contribution in [0.2, 0.25) is 0 Å². The van der Waals surface area contributed by atoms with Crippen molar-refractivity contribution < 1.29 is 31.8 Å². The summed E-state index contributed by atoms with van der Waals surface area (Å²) in [7, 11) is 0. The molecule has 312 valence electrons. The molecule has 8 heteroatoms. The van der Waals surface area contributed by atoms with Gasteiger partial charge in [0.15, 0.2) is 0 Å². The molecule has 0 spiro atoms. The minimum absolute atomic E-state index is 0.266. The van der Waals surface area contributed by atoms with Gasteiger partial charge in [-0.3, -0.25) is 0 Å². The maximum atomic E-state index is 16.2. The van der Waals surface area contributed by atoms with Crippen molar-refractivity contribution >= 4 is 0 Å². The van der Waals surface area contributed by atoms with E-state index in [1.807, 2.05) is 175 Å². The Morgan fingerprint density at radius 1 is 0.419 bits per heavy atom. The Hall–Kier alpha value is -7.06. The molecule has 1 heterocycles. The third kappa shape index (κ3) is 10.3. The monoisotopic (exact) mass is 831 g/mol. The Bertz CT molecular complexity index is 2680. The molecule has 0 N–H and O–H groups in total. The summed E-state index contributed by atoms with van der Waals surface area (Å²) in [5.41, 5.74) is 4.26. The number of rotatable bonds is 16. The first kappa shape index (κ1) is 41.7. The summed E-state index contributed by atoms with van der Waals surface area (Å²) in [5, 5.41) is 0. The number of hydrogen-bond acceptors (Lipinski definition) is 3. The van der Waals surface area contributed by atoms with Crippen LogP contribution in [0.3, 0.4) is 0 Å². The molecule has 62 heavy (non-hydrogen) atoms. The van der Waals surface area contributed by atoms with Crippen molar-refractivity contribution in [1.29, 1.82) is 0 Å². The van der Waals surface area contributed by atoms with Gasteiger partial charge in [-0.05, 0) is 152 Å². The molecule has 0 amide bonds. The average Bonchev–Trinajstić information content (AvgIpc) is 3.55. The van der Waals surface area contributed by atoms with Gasteiger partial charge in [0.25, 0.3) is 0 Å². The number of ether oxygens (including phenoxy) is 3. The third-order valence-electron chi connectivity index (χ3n) is 11.0. The number of nitrogens with zero attached hydrogens (tertiary/aromatic N) is 1. The van der Waals surface area contributed by atoms with E-state index in [2.05, 4.69) is 0 Å². The smallest absolute Gasteiger partial charge is 0.417 e. The molecule has 0 atom stereocenters. The standard InChI is InChI=1S/C54H45F4NO3/c1-38-48(34-26-39-20-28-45(29-21-39)60-42-12-5-2-6-13-42)49(35-27-40-22-30-46(31-23-40)61-43-14-7-3-8-15-43)53(52-50(54(56,57)58)18-11-19-51(52)55)59(38)37-36-41-24-32-47(33-25-41)62-44-16-9-4-10-17-44/h2-25,28-33H,26-27,34-37H2,1H3. The largest absolute Gasteiger partial charge is 0.457 e. The molecule has 8 rings (SSSR count). The highest BCUT2D eigenvalue weighted by Crippen LogP contribution is 2.43. The highest BCUT2D eigenvalue weighted by molar-refractivity contribution is 5.72. The molecule has 4 nitrogen and oxygen atoms in total. The predicted molar refractivity (Wildman–Crippen MR) is 237 cm³/mol. The van der Waals surface area contributed by atoms with Gasteiger partial charge in [0.05, 0.1) is 11.3 Å². The first-order valence-electron chi connectivity index (χ1n) is 20.7. The van der Waals surface area contributed by atoms with Crippen LogP contribution in [0.15, 0.2) is 182 Å². The Kier molecular flexibility index (Phi) is 12.8. The van der Waals surface area contributed by atoms with Gasteiger partial charge < -0.3 is 18.8 Å². The van der Waals surface area contributed by atoms with E-state index >= 15 is 4.39 Å². The molecule has 0 saturated carbocycles. The van der Waals surface area contributed by atoms with Crippen molar-refractivity contribution in [3.63, 3.8) is 0 Å². The zero-order chi connectivity index (χ0) is 42.9. The molecule has 0 bridgehead atoms. The average molecular weight is 832 g/mol. The number of hydrogen-bond donors (Lipinski definition) is 0. The lowest BCUT2D eigenvalue weighted by Gasteiger charge is -2.19. The molecule has 8 aromatic rings. The first-order valence-corrected chi connectivity index (χ1v) is 20.7. The number of benzene rings is 7. The van der Waals surface area contributed by atoms with E-state index in [0.29, 0.717) is 73.0 Å². The number of alkyl halides is 3. The van der Waals surface area contributed by atoms with Gasteiger partial charge in [-0.15, -0.1) is 0 Å². The lowest BCUT2D eigenvalue weighted by Crippen LogP contribution is -2.13. The second kappa shape index (κ2) is 19.1. The highest BCUT2D eigenvalue weighted by atomic mass is 19.4. The Balaban J connectivity index is 1.14. The minimum atomic E-state index is -4.79. The van der Waals surface area contributed by atoms with Crippen molar-refractivity contribution in [3.05, 3.63) is 227 Å². The van der Waals surface area contributed by atoms with Crippen LogP contribution >= 0.6 is 0 Å². The zero-order valence-electron chi connectivity index (χ0n) is 34.2. The second-order valence-electron chi connectivity index (χ2n) is 15.1. The topological polar surface area (TPSA) is 32.6 Å². The number of halogens is 4. The summed E-state index contributed by atoms with van der Waals surface area (Å²) in [4.78, 5) is 0. The fourth-order valence-electron chi connectivity index (χ4n) is 7.85. The molecule has 0 aliphatic heterocycles. The van der Waals surface area contributed by atoms with Crippen LogP contribution in [-0.4, -0.2) is 4.57 Å². The van der Waals surface area contributed by atoms with E-state index in [1.165, 1.54) is 0 Å². The Morgan fingerprint density at radius 3 is 1.23 bits per heavy atom. The third-order valence-corrected chi connectivity index (χ3v) is 11.0. The summed E-state index contributed by atoms with van der Waals surface area (Å²) < 4.78 is 80.9. The van der Waals surface area contributed by atoms with Crippen molar-refractivity contribution in [3.8, 4) is 45.8 Å². The van der Waals surface area contributed by atoms with E-state index in [9.17, 15) is 13.2 Å². The Labute approximate surface area is 359 Å². The Morgan fingerprint density at radius 2 is 0.806 bits per heavy atom. The summed E-state index contributed by atoms with van der Waals surface area (Å²) in [6.07, 6.45) is -2.25. The van der Waals surface area contributed by atoms with Crippen LogP contribution in [0.4, 0.5) is 17.6 Å². The van der Waals surface area contributed by atoms with Gasteiger partial charge in [-0.1, -0.05) is 97.1 Å². The van der Waals surface area contributed by atoms with E-state index < -0.39 is 23.1 Å². The van der Waals surface area contributed by atoms with Crippen molar-refractivity contribution in [1.82, 2.24) is 4.57 Å². The van der Waals surface area contributed by atoms with Crippen molar-refractivity contribution in [2.24, 2.45) is 0 Å². The van der Waals surface area contributed by atoms with Crippen LogP contribution in [0.1, 0.15) is 39.1 Å². The van der Waals surface area contributed by atoms with Crippen LogP contribution < -0.4 is 14.2 Å². The SMILES string of the molecule is Cc1c(CCc2ccc(Oc3ccccc3)cc2)c(CCc2ccc(Oc3ccccc3)cc2)c(-c2c(F)cccc2C(F)(F)F)n1CCc1ccc(Oc2ccccc2)cc1. The summed E-state index contributed by atoms with van der Waals surface area (Å²) in [6.45, 7) is 2.27. The predicted octanol–water partition coefficient (Wildman–Crippen LogP) is 14.8. The van der Waals surface area contributed by atoms with Crippen LogP contribution in [0.5, 0.6) is 34.5 Å². The molecular weight excluding hydrogens is 787 g/mol. The molecule has 0 fully saturated rings. The van der Waals surface area contributed by atoms with Crippen LogP contribution in [0, 0.1) is 12.7 Å². The van der Waals surface area contributed by atoms with Gasteiger partial charge in [-0.2, -0.15) is 13.2 Å². The number of para-hydroxylation sites is 3. The normalized spacial score (nSPS) is 11.4. The van der Waals surface area contributed by atoms with E-state index in [-0.39, 0.29) is 5.69 Å². The number of aromatic nitrogens is 1. The minimum Gasteiger partial charge on any atom is -0.457 e. The first-order chi connectivity index (χ1) is 30.2. The molecule has 0 saturated heterocycles. The lowest BCUT2D eigenvalue weighted by atomic mass is 9.92. The molecule has 0 radical (unpaired) electrons. The van der Waals surface area contributed by atoms with E-state index in [4.69, 9.17) is 14.2 Å². The second-order valence-corrected chi connectivity index (χ2v) is 15.1. The molecule has 0 aliphatic rings. The molecule has 1 aromatic heterocycles. The quantitative estimate of drug-likeness (QED) is 0.0909. The maximum Gasteiger partial charge on any atom is 0.417 e. The summed E-state index contributed by atoms with van der Waals surface area (Å²) >= 11 is 0. The summed E-state index contributed by atoms with van der Waals surface area (Å²) in [6, 6.07) is 55.0. The highest BCUT2D eigenvalue weighted by Gasteiger charge is 2.37. The summed E-state index contributed by atoms with van der Waals surface area (Å²) in [5.74, 6) is 3.29. The number of aryl methyl sites for hydroxylation is 3. The van der Waals surface area contributed by atoms with Crippen molar-refractivity contribution in [2.45, 2.75) is 51.7 Å². The van der Waals surface area contributed by atoms with Gasteiger partial charge in [-0.25, -0.2) is 4.39 Å². The van der Waals surface area contributed by atoms with Crippen LogP contribution in [-0.2, 0) is 44.8 Å². The van der Waals surface area contributed by atoms with Gasteiger partial charge in [0, 0.05) is 17.8 Å². The molecule has 7 aromatic carbocycles. The van der Waals surface area contributed by atoms with Gasteiger partial charge in [0.1, 0.15) is 40.3 Å². The molecule has 0 unspecified atom stereocenters. The maximum absolute atomic E-state index is 16.2. The molecular formula is C54H45F4NO3. The van der Waals surface area contributed by atoms with Gasteiger partial charge in [0.2, 0.25) is 0 Å². The molecule has 0 aliphatic carbocycles. The van der Waals surface area contributed by atoms with E-state index in [0.717, 1.165) is 51.9 Å². The van der Waals surface area contributed by atoms with E-state index in [1.54, 1.807) is 0 Å². The lowest BCUT2D eigenvalue weighted by molar-refractivity contribution is -0.137. The zero-order valence-corrected chi connectivity index (χ0v) is 34.2. The van der Waals surface area contributed by atoms with Crippen molar-refractivity contribution in [2.75, 3.05) is 0 Å². The fourth-order valence-corrected chi connectivity index (χ4v) is 7.85. The fraction of sp³-hybridized carbons (Fsp3) is 0.148.